The van der Waals surface area contributed by atoms with Crippen molar-refractivity contribution >= 4 is 5.91 Å². The van der Waals surface area contributed by atoms with E-state index < -0.39 is 11.2 Å². The third kappa shape index (κ3) is 3.95. The summed E-state index contributed by atoms with van der Waals surface area (Å²) in [7, 11) is 2.18. The standard InChI is InChI=1S/C17H26N4O3/c1-20-6-2-12(3-7-20)13-4-8-21(9-5-13)15(22)10-14-11-18-17(24)19-16(14)23/h11-13H,2-10H2,1H3,(H2,18,19,23,24). The van der Waals surface area contributed by atoms with Gasteiger partial charge in [-0.05, 0) is 57.7 Å². The van der Waals surface area contributed by atoms with Crippen molar-refractivity contribution in [2.45, 2.75) is 32.1 Å². The number of H-pyrrole nitrogens is 2. The fourth-order valence-corrected chi connectivity index (χ4v) is 3.96. The lowest BCUT2D eigenvalue weighted by Gasteiger charge is -2.39. The molecule has 7 nitrogen and oxygen atoms in total. The van der Waals surface area contributed by atoms with Gasteiger partial charge in [0.25, 0.3) is 5.56 Å². The molecular formula is C17H26N4O3. The third-order valence-electron chi connectivity index (χ3n) is 5.56. The summed E-state index contributed by atoms with van der Waals surface area (Å²) in [6.07, 6.45) is 6.03. The average molecular weight is 334 g/mol. The zero-order valence-corrected chi connectivity index (χ0v) is 14.2. The molecule has 2 N–H and O–H groups in total. The van der Waals surface area contributed by atoms with Gasteiger partial charge in [0, 0.05) is 24.8 Å². The van der Waals surface area contributed by atoms with Crippen molar-refractivity contribution in [1.82, 2.24) is 19.8 Å². The fraction of sp³-hybridized carbons (Fsp3) is 0.706. The molecule has 3 rings (SSSR count). The molecule has 7 heteroatoms. The number of aromatic nitrogens is 2. The predicted molar refractivity (Wildman–Crippen MR) is 90.9 cm³/mol. The molecule has 0 aliphatic carbocycles. The Bertz CT molecular complexity index is 680. The van der Waals surface area contributed by atoms with Crippen LogP contribution in [0.3, 0.4) is 0 Å². The molecule has 0 unspecified atom stereocenters. The van der Waals surface area contributed by atoms with Crippen LogP contribution in [0.1, 0.15) is 31.2 Å². The Morgan fingerprint density at radius 2 is 1.67 bits per heavy atom. The number of hydrogen-bond acceptors (Lipinski definition) is 4. The van der Waals surface area contributed by atoms with Crippen LogP contribution in [-0.4, -0.2) is 58.9 Å². The number of aromatic amines is 2. The summed E-state index contributed by atoms with van der Waals surface area (Å²) in [5, 5.41) is 0. The topological polar surface area (TPSA) is 89.3 Å². The highest BCUT2D eigenvalue weighted by molar-refractivity contribution is 5.78. The minimum Gasteiger partial charge on any atom is -0.342 e. The molecule has 0 spiro atoms. The highest BCUT2D eigenvalue weighted by atomic mass is 16.2. The van der Waals surface area contributed by atoms with Gasteiger partial charge in [-0.2, -0.15) is 0 Å². The largest absolute Gasteiger partial charge is 0.342 e. The molecule has 1 aromatic heterocycles. The number of carbonyl (C=O) groups excluding carboxylic acids is 1. The highest BCUT2D eigenvalue weighted by Crippen LogP contribution is 2.32. The first-order chi connectivity index (χ1) is 11.5. The van der Waals surface area contributed by atoms with E-state index in [2.05, 4.69) is 21.9 Å². The lowest BCUT2D eigenvalue weighted by atomic mass is 9.79. The van der Waals surface area contributed by atoms with Crippen LogP contribution in [0, 0.1) is 11.8 Å². The normalized spacial score (nSPS) is 21.1. The second kappa shape index (κ2) is 7.34. The number of piperidine rings is 2. The summed E-state index contributed by atoms with van der Waals surface area (Å²) in [6.45, 7) is 3.91. The van der Waals surface area contributed by atoms with Gasteiger partial charge in [0.1, 0.15) is 0 Å². The van der Waals surface area contributed by atoms with Crippen LogP contribution < -0.4 is 11.2 Å². The van der Waals surface area contributed by atoms with Crippen LogP contribution in [0.5, 0.6) is 0 Å². The first kappa shape index (κ1) is 17.0. The van der Waals surface area contributed by atoms with E-state index in [-0.39, 0.29) is 12.3 Å². The molecule has 132 valence electrons. The van der Waals surface area contributed by atoms with Gasteiger partial charge in [0.2, 0.25) is 5.91 Å². The Hall–Kier alpha value is -1.89. The number of hydrogen-bond donors (Lipinski definition) is 2. The van der Waals surface area contributed by atoms with Gasteiger partial charge in [-0.25, -0.2) is 4.79 Å². The van der Waals surface area contributed by atoms with Crippen LogP contribution in [-0.2, 0) is 11.2 Å². The van der Waals surface area contributed by atoms with Gasteiger partial charge >= 0.3 is 5.69 Å². The number of rotatable bonds is 3. The van der Waals surface area contributed by atoms with E-state index in [0.29, 0.717) is 5.56 Å². The van der Waals surface area contributed by atoms with Crippen molar-refractivity contribution in [3.63, 3.8) is 0 Å². The first-order valence-corrected chi connectivity index (χ1v) is 8.80. The lowest BCUT2D eigenvalue weighted by molar-refractivity contribution is -0.132. The molecule has 24 heavy (non-hydrogen) atoms. The number of carbonyl (C=O) groups is 1. The minimum absolute atomic E-state index is 0.0330. The van der Waals surface area contributed by atoms with Crippen LogP contribution in [0.15, 0.2) is 15.8 Å². The summed E-state index contributed by atoms with van der Waals surface area (Å²) in [5.74, 6) is 1.48. The number of nitrogens with one attached hydrogen (secondary N) is 2. The SMILES string of the molecule is CN1CCC(C2CCN(C(=O)Cc3c[nH]c(=O)[nH]c3=O)CC2)CC1. The second-order valence-corrected chi connectivity index (χ2v) is 7.13. The predicted octanol–water partition coefficient (Wildman–Crippen LogP) is 0.186. The van der Waals surface area contributed by atoms with Gasteiger partial charge in [0.05, 0.1) is 6.42 Å². The van der Waals surface area contributed by atoms with Crippen LogP contribution >= 0.6 is 0 Å². The molecule has 2 aliphatic rings. The van der Waals surface area contributed by atoms with E-state index in [9.17, 15) is 14.4 Å². The average Bonchev–Trinajstić information content (AvgIpc) is 2.58. The van der Waals surface area contributed by atoms with E-state index in [1.54, 1.807) is 0 Å². The maximum absolute atomic E-state index is 12.4. The summed E-state index contributed by atoms with van der Waals surface area (Å²) >= 11 is 0. The number of amides is 1. The smallest absolute Gasteiger partial charge is 0.325 e. The zero-order valence-electron chi connectivity index (χ0n) is 14.2. The fourth-order valence-electron chi connectivity index (χ4n) is 3.96. The zero-order chi connectivity index (χ0) is 17.1. The lowest BCUT2D eigenvalue weighted by Crippen LogP contribution is -2.43. The molecule has 0 bridgehead atoms. The summed E-state index contributed by atoms with van der Waals surface area (Å²) in [6, 6.07) is 0. The van der Waals surface area contributed by atoms with E-state index >= 15 is 0 Å². The molecule has 2 saturated heterocycles. The van der Waals surface area contributed by atoms with Gasteiger partial charge in [-0.1, -0.05) is 0 Å². The molecule has 0 aromatic carbocycles. The maximum Gasteiger partial charge on any atom is 0.325 e. The van der Waals surface area contributed by atoms with Gasteiger partial charge < -0.3 is 14.8 Å². The molecule has 1 amide bonds. The summed E-state index contributed by atoms with van der Waals surface area (Å²) in [5.41, 5.74) is -0.708. The maximum atomic E-state index is 12.4. The summed E-state index contributed by atoms with van der Waals surface area (Å²) < 4.78 is 0. The minimum atomic E-state index is -0.546. The van der Waals surface area contributed by atoms with Crippen molar-refractivity contribution < 1.29 is 4.79 Å². The van der Waals surface area contributed by atoms with Crippen molar-refractivity contribution in [2.75, 3.05) is 33.2 Å². The van der Waals surface area contributed by atoms with Crippen LogP contribution in [0.4, 0.5) is 0 Å². The Morgan fingerprint density at radius 3 is 2.25 bits per heavy atom. The number of likely N-dealkylation sites (tertiary alicyclic amines) is 2. The van der Waals surface area contributed by atoms with Crippen LogP contribution in [0.25, 0.3) is 0 Å². The molecule has 2 fully saturated rings. The van der Waals surface area contributed by atoms with E-state index in [0.717, 1.165) is 37.8 Å². The molecular weight excluding hydrogens is 308 g/mol. The molecule has 0 atom stereocenters. The number of nitrogens with zero attached hydrogens (tertiary/aromatic N) is 2. The van der Waals surface area contributed by atoms with Gasteiger partial charge in [-0.15, -0.1) is 0 Å². The van der Waals surface area contributed by atoms with Crippen molar-refractivity contribution in [1.29, 1.82) is 0 Å². The van der Waals surface area contributed by atoms with E-state index in [1.165, 1.54) is 32.1 Å². The van der Waals surface area contributed by atoms with E-state index in [4.69, 9.17) is 0 Å². The highest BCUT2D eigenvalue weighted by Gasteiger charge is 2.30. The molecule has 1 aromatic rings. The van der Waals surface area contributed by atoms with Gasteiger partial charge in [-0.3, -0.25) is 14.6 Å². The van der Waals surface area contributed by atoms with Gasteiger partial charge in [0.15, 0.2) is 0 Å². The summed E-state index contributed by atoms with van der Waals surface area (Å²) in [4.78, 5) is 43.9. The van der Waals surface area contributed by atoms with Crippen molar-refractivity contribution in [3.05, 3.63) is 32.6 Å². The molecule has 2 aliphatic heterocycles. The third-order valence-corrected chi connectivity index (χ3v) is 5.56. The Balaban J connectivity index is 1.51. The second-order valence-electron chi connectivity index (χ2n) is 7.13. The van der Waals surface area contributed by atoms with Crippen molar-refractivity contribution in [2.24, 2.45) is 11.8 Å². The van der Waals surface area contributed by atoms with Crippen LogP contribution in [0.2, 0.25) is 0 Å². The monoisotopic (exact) mass is 334 g/mol. The Kier molecular flexibility index (Phi) is 5.18. The van der Waals surface area contributed by atoms with E-state index in [1.807, 2.05) is 4.90 Å². The molecule has 0 radical (unpaired) electrons. The Morgan fingerprint density at radius 1 is 1.08 bits per heavy atom. The Labute approximate surface area is 141 Å². The quantitative estimate of drug-likeness (QED) is 0.826. The van der Waals surface area contributed by atoms with Crippen molar-refractivity contribution in [3.8, 4) is 0 Å². The molecule has 3 heterocycles. The molecule has 0 saturated carbocycles. The first-order valence-electron chi connectivity index (χ1n) is 8.80.